The predicted octanol–water partition coefficient (Wildman–Crippen LogP) is 3.55. The van der Waals surface area contributed by atoms with Crippen LogP contribution < -0.4 is 4.80 Å². The average Bonchev–Trinajstić information content (AvgIpc) is 2.75. The molecule has 0 aliphatic carbocycles. The van der Waals surface area contributed by atoms with E-state index < -0.39 is 6.09 Å². The van der Waals surface area contributed by atoms with E-state index in [9.17, 15) is 4.79 Å². The van der Waals surface area contributed by atoms with E-state index in [0.717, 1.165) is 11.3 Å². The van der Waals surface area contributed by atoms with Crippen LogP contribution in [0.5, 0.6) is 0 Å². The van der Waals surface area contributed by atoms with Crippen molar-refractivity contribution in [3.05, 3.63) is 45.7 Å². The second-order valence-electron chi connectivity index (χ2n) is 4.67. The van der Waals surface area contributed by atoms with Gasteiger partial charge in [-0.05, 0) is 30.0 Å². The Morgan fingerprint density at radius 3 is 2.79 bits per heavy atom. The van der Waals surface area contributed by atoms with Gasteiger partial charge in [0, 0.05) is 11.6 Å². The van der Waals surface area contributed by atoms with Crippen molar-refractivity contribution < 1.29 is 9.90 Å². The molecule has 1 N–H and O–H groups in total. The Labute approximate surface area is 115 Å². The van der Waals surface area contributed by atoms with Gasteiger partial charge < -0.3 is 5.11 Å². The third kappa shape index (κ3) is 2.93. The fourth-order valence-electron chi connectivity index (χ4n) is 1.97. The van der Waals surface area contributed by atoms with Crippen LogP contribution in [0, 0.1) is 6.92 Å². The first-order valence-electron chi connectivity index (χ1n) is 6.03. The molecule has 0 atom stereocenters. The molecule has 5 heteroatoms. The number of hydrogen-bond donors (Lipinski definition) is 1. The van der Waals surface area contributed by atoms with Crippen LogP contribution in [0.1, 0.15) is 30.9 Å². The highest BCUT2D eigenvalue weighted by molar-refractivity contribution is 7.07. The lowest BCUT2D eigenvalue weighted by molar-refractivity contribution is 0.204. The van der Waals surface area contributed by atoms with Crippen molar-refractivity contribution in [2.24, 2.45) is 4.99 Å². The standard InChI is InChI=1S/C14H16N2O2S/c1-9(2)11-5-4-10(3)8-12(11)16-6-7-19-13(16)15-14(17)18/h4-9H,1-3H3,(H,17,18)/b15-13-. The molecule has 0 radical (unpaired) electrons. The number of rotatable bonds is 2. The minimum atomic E-state index is -1.17. The number of hydrogen-bond acceptors (Lipinski definition) is 2. The molecule has 1 amide bonds. The highest BCUT2D eigenvalue weighted by Gasteiger charge is 2.10. The lowest BCUT2D eigenvalue weighted by Gasteiger charge is -2.14. The molecule has 0 bridgehead atoms. The maximum atomic E-state index is 10.8. The molecule has 0 unspecified atom stereocenters. The highest BCUT2D eigenvalue weighted by atomic mass is 32.1. The molecule has 2 rings (SSSR count). The summed E-state index contributed by atoms with van der Waals surface area (Å²) >= 11 is 1.31. The van der Waals surface area contributed by atoms with Gasteiger partial charge in [0.1, 0.15) is 0 Å². The van der Waals surface area contributed by atoms with Gasteiger partial charge in [0.15, 0.2) is 0 Å². The number of aryl methyl sites for hydroxylation is 1. The van der Waals surface area contributed by atoms with E-state index in [1.54, 1.807) is 0 Å². The van der Waals surface area contributed by atoms with Crippen LogP contribution in [-0.2, 0) is 0 Å². The normalized spacial score (nSPS) is 12.1. The Morgan fingerprint density at radius 2 is 2.16 bits per heavy atom. The zero-order valence-corrected chi connectivity index (χ0v) is 11.9. The molecule has 0 spiro atoms. The van der Waals surface area contributed by atoms with Crippen molar-refractivity contribution in [1.82, 2.24) is 4.57 Å². The zero-order chi connectivity index (χ0) is 14.0. The smallest absolute Gasteiger partial charge is 0.433 e. The molecule has 0 aliphatic heterocycles. The summed E-state index contributed by atoms with van der Waals surface area (Å²) in [6, 6.07) is 6.22. The lowest BCUT2D eigenvalue weighted by Crippen LogP contribution is -2.16. The maximum Gasteiger partial charge on any atom is 0.433 e. The van der Waals surface area contributed by atoms with E-state index >= 15 is 0 Å². The molecule has 4 nitrogen and oxygen atoms in total. The zero-order valence-electron chi connectivity index (χ0n) is 11.1. The van der Waals surface area contributed by atoms with Crippen LogP contribution >= 0.6 is 11.3 Å². The van der Waals surface area contributed by atoms with Crippen LogP contribution in [0.2, 0.25) is 0 Å². The van der Waals surface area contributed by atoms with E-state index in [-0.39, 0.29) is 0 Å². The molecular formula is C14H16N2O2S. The molecule has 100 valence electrons. The topological polar surface area (TPSA) is 54.6 Å². The van der Waals surface area contributed by atoms with Crippen LogP contribution in [0.15, 0.2) is 34.8 Å². The fourth-order valence-corrected chi connectivity index (χ4v) is 2.68. The molecule has 19 heavy (non-hydrogen) atoms. The minimum absolute atomic E-state index is 0.362. The minimum Gasteiger partial charge on any atom is -0.463 e. The van der Waals surface area contributed by atoms with E-state index in [2.05, 4.69) is 37.0 Å². The summed E-state index contributed by atoms with van der Waals surface area (Å²) in [4.78, 5) is 14.9. The molecule has 1 aromatic heterocycles. The van der Waals surface area contributed by atoms with E-state index in [1.165, 1.54) is 16.9 Å². The summed E-state index contributed by atoms with van der Waals surface area (Å²) in [6.45, 7) is 6.26. The summed E-state index contributed by atoms with van der Waals surface area (Å²) < 4.78 is 1.83. The predicted molar refractivity (Wildman–Crippen MR) is 76.1 cm³/mol. The number of carbonyl (C=O) groups is 1. The van der Waals surface area contributed by atoms with Gasteiger partial charge in [0.05, 0.1) is 5.69 Å². The van der Waals surface area contributed by atoms with Crippen LogP contribution in [0.3, 0.4) is 0 Å². The van der Waals surface area contributed by atoms with Crippen molar-refractivity contribution in [3.8, 4) is 5.69 Å². The van der Waals surface area contributed by atoms with Crippen molar-refractivity contribution in [2.75, 3.05) is 0 Å². The van der Waals surface area contributed by atoms with Crippen molar-refractivity contribution in [1.29, 1.82) is 0 Å². The second kappa shape index (κ2) is 5.40. The van der Waals surface area contributed by atoms with Crippen molar-refractivity contribution in [3.63, 3.8) is 0 Å². The van der Waals surface area contributed by atoms with E-state index in [0.29, 0.717) is 10.7 Å². The fraction of sp³-hybridized carbons (Fsp3) is 0.286. The van der Waals surface area contributed by atoms with Gasteiger partial charge in [-0.25, -0.2) is 4.79 Å². The average molecular weight is 276 g/mol. The largest absolute Gasteiger partial charge is 0.463 e. The number of thiazole rings is 1. The third-order valence-corrected chi connectivity index (χ3v) is 3.60. The van der Waals surface area contributed by atoms with Crippen molar-refractivity contribution in [2.45, 2.75) is 26.7 Å². The Morgan fingerprint density at radius 1 is 1.42 bits per heavy atom. The van der Waals surface area contributed by atoms with Gasteiger partial charge in [0.2, 0.25) is 4.80 Å². The van der Waals surface area contributed by atoms with E-state index in [4.69, 9.17) is 5.11 Å². The Hall–Kier alpha value is -1.88. The monoisotopic (exact) mass is 276 g/mol. The van der Waals surface area contributed by atoms with Gasteiger partial charge >= 0.3 is 6.09 Å². The molecule has 0 saturated carbocycles. The molecule has 1 aromatic carbocycles. The van der Waals surface area contributed by atoms with Gasteiger partial charge in [0.25, 0.3) is 0 Å². The van der Waals surface area contributed by atoms with Gasteiger partial charge in [-0.2, -0.15) is 0 Å². The number of benzene rings is 1. The summed E-state index contributed by atoms with van der Waals surface area (Å²) in [7, 11) is 0. The summed E-state index contributed by atoms with van der Waals surface area (Å²) in [6.07, 6.45) is 0.683. The lowest BCUT2D eigenvalue weighted by atomic mass is 9.99. The maximum absolute atomic E-state index is 10.8. The Kier molecular flexibility index (Phi) is 3.85. The number of nitrogens with zero attached hydrogens (tertiary/aromatic N) is 2. The van der Waals surface area contributed by atoms with Crippen LogP contribution in [0.25, 0.3) is 5.69 Å². The Bertz CT molecular complexity index is 668. The van der Waals surface area contributed by atoms with Crippen LogP contribution in [0.4, 0.5) is 4.79 Å². The molecular weight excluding hydrogens is 260 g/mol. The summed E-state index contributed by atoms with van der Waals surface area (Å²) in [5.74, 6) is 0.362. The Balaban J connectivity index is 2.69. The number of carboxylic acid groups (broad SMARTS) is 1. The number of amides is 1. The van der Waals surface area contributed by atoms with E-state index in [1.807, 2.05) is 23.1 Å². The summed E-state index contributed by atoms with van der Waals surface area (Å²) in [5, 5.41) is 10.7. The van der Waals surface area contributed by atoms with Gasteiger partial charge in [-0.1, -0.05) is 26.0 Å². The van der Waals surface area contributed by atoms with Gasteiger partial charge in [-0.15, -0.1) is 16.3 Å². The first kappa shape index (κ1) is 13.5. The van der Waals surface area contributed by atoms with Gasteiger partial charge in [-0.3, -0.25) is 4.57 Å². The third-order valence-electron chi connectivity index (χ3n) is 2.85. The second-order valence-corrected chi connectivity index (χ2v) is 5.54. The molecule has 2 aromatic rings. The SMILES string of the molecule is Cc1ccc(C(C)C)c(-n2ccs/c2=N\C(=O)O)c1. The van der Waals surface area contributed by atoms with Crippen LogP contribution in [-0.4, -0.2) is 15.8 Å². The molecule has 0 saturated heterocycles. The highest BCUT2D eigenvalue weighted by Crippen LogP contribution is 2.23. The van der Waals surface area contributed by atoms with Crippen molar-refractivity contribution >= 4 is 17.4 Å². The first-order valence-corrected chi connectivity index (χ1v) is 6.91. The number of aromatic nitrogens is 1. The summed E-state index contributed by atoms with van der Waals surface area (Å²) in [5.41, 5.74) is 3.31. The molecule has 0 fully saturated rings. The molecule has 0 aliphatic rings. The molecule has 1 heterocycles. The first-order chi connectivity index (χ1) is 8.99. The quantitative estimate of drug-likeness (QED) is 0.912.